The molecule has 1 aromatic heterocycles. The Balaban J connectivity index is 1.84. The summed E-state index contributed by atoms with van der Waals surface area (Å²) in [6.07, 6.45) is -6.68. The van der Waals surface area contributed by atoms with Crippen molar-refractivity contribution in [3.8, 4) is 23.3 Å². The molecule has 6 N–H and O–H groups in total. The Kier molecular flexibility index (Phi) is 6.00. The Bertz CT molecular complexity index is 1270. The number of pyridine rings is 1. The normalized spacial score (nSPS) is 25.2. The van der Waals surface area contributed by atoms with E-state index in [9.17, 15) is 30.9 Å². The van der Waals surface area contributed by atoms with Crippen LogP contribution in [0.5, 0.6) is 0 Å². The maximum Gasteiger partial charge on any atom is 0.185 e. The number of hydrogen-bond acceptors (Lipinski definition) is 10. The minimum absolute atomic E-state index is 0.0294. The molecule has 0 bridgehead atoms. The fourth-order valence-electron chi connectivity index (χ4n) is 3.55. The number of hydrogen-bond donors (Lipinski definition) is 5. The zero-order chi connectivity index (χ0) is 23.0. The molecule has 162 valence electrons. The first kappa shape index (κ1) is 22.0. The second-order valence-corrected chi connectivity index (χ2v) is 8.28. The second-order valence-electron chi connectivity index (χ2n) is 7.20. The molecular formula is C22H18N4O5S. The van der Waals surface area contributed by atoms with Gasteiger partial charge in [0.25, 0.3) is 0 Å². The Labute approximate surface area is 186 Å². The maximum absolute atomic E-state index is 10.3. The summed E-state index contributed by atoms with van der Waals surface area (Å²) in [5.41, 5.74) is 5.69. The molecule has 2 heterocycles. The van der Waals surface area contributed by atoms with Gasteiger partial charge in [-0.3, -0.25) is 0 Å². The van der Waals surface area contributed by atoms with E-state index in [1.165, 1.54) is 0 Å². The molecular weight excluding hydrogens is 432 g/mol. The van der Waals surface area contributed by atoms with Crippen molar-refractivity contribution < 1.29 is 25.2 Å². The number of nitrogens with zero attached hydrogens (tertiary/aromatic N) is 3. The summed E-state index contributed by atoms with van der Waals surface area (Å²) in [6.45, 7) is 0. The summed E-state index contributed by atoms with van der Waals surface area (Å²) in [5, 5.41) is 61.2. The van der Waals surface area contributed by atoms with Crippen LogP contribution in [0.25, 0.3) is 21.9 Å². The van der Waals surface area contributed by atoms with Crippen LogP contribution in [-0.2, 0) is 4.74 Å². The van der Waals surface area contributed by atoms with Gasteiger partial charge in [0.05, 0.1) is 5.56 Å². The average molecular weight is 450 g/mol. The van der Waals surface area contributed by atoms with Gasteiger partial charge in [-0.25, -0.2) is 4.98 Å². The third kappa shape index (κ3) is 3.76. The van der Waals surface area contributed by atoms with E-state index in [0.29, 0.717) is 5.56 Å². The lowest BCUT2D eigenvalue weighted by molar-refractivity contribution is -0.261. The predicted molar refractivity (Wildman–Crippen MR) is 116 cm³/mol. The maximum atomic E-state index is 10.3. The van der Waals surface area contributed by atoms with Gasteiger partial charge in [-0.1, -0.05) is 48.2 Å². The molecule has 0 unspecified atom stereocenters. The summed E-state index contributed by atoms with van der Waals surface area (Å²) in [7, 11) is 0. The van der Waals surface area contributed by atoms with Gasteiger partial charge in [-0.05, 0) is 22.4 Å². The SMILES string of the molecule is N#Cc1c(N)nc(S[C@@H]2O[C@H](O)[C@@H](O)[C@H](O)[C@H]2O)c(C#N)c1-c1ccc2ccccc2c1. The lowest BCUT2D eigenvalue weighted by atomic mass is 9.95. The number of nitrogens with two attached hydrogens (primary N) is 1. The largest absolute Gasteiger partial charge is 0.387 e. The van der Waals surface area contributed by atoms with Gasteiger partial charge < -0.3 is 30.9 Å². The number of thioether (sulfide) groups is 1. The Morgan fingerprint density at radius 2 is 1.59 bits per heavy atom. The van der Waals surface area contributed by atoms with Crippen molar-refractivity contribution in [1.82, 2.24) is 4.98 Å². The smallest absolute Gasteiger partial charge is 0.185 e. The molecule has 0 saturated carbocycles. The molecule has 3 aromatic rings. The summed E-state index contributed by atoms with van der Waals surface area (Å²) in [5.74, 6) is -0.122. The number of nitrogen functional groups attached to an aromatic ring is 1. The van der Waals surface area contributed by atoms with Gasteiger partial charge in [0, 0.05) is 5.56 Å². The number of anilines is 1. The number of ether oxygens (including phenoxy) is 1. The molecule has 5 atom stereocenters. The topological polar surface area (TPSA) is 177 Å². The summed E-state index contributed by atoms with van der Waals surface area (Å²) >= 11 is 0.753. The van der Waals surface area contributed by atoms with E-state index in [1.54, 1.807) is 6.07 Å². The molecule has 0 aliphatic carbocycles. The standard InChI is InChI=1S/C22H18N4O5S/c23-8-13-15(12-6-5-10-3-1-2-4-11(10)7-12)14(9-24)20(26-19(13)25)32-22-18(29)16(27)17(28)21(30)31-22/h1-7,16-18,21-22,27-30H,(H2,25,26)/t16-,17-,18+,21-,22-/m0/s1. The minimum atomic E-state index is -1.74. The van der Waals surface area contributed by atoms with Gasteiger partial charge in [0.2, 0.25) is 0 Å². The number of fused-ring (bicyclic) bond motifs is 1. The Hall–Kier alpha value is -3.22. The predicted octanol–water partition coefficient (Wildman–Crippen LogP) is 1.08. The van der Waals surface area contributed by atoms with Gasteiger partial charge in [-0.15, -0.1) is 0 Å². The van der Waals surface area contributed by atoms with Crippen LogP contribution in [0.4, 0.5) is 5.82 Å². The van der Waals surface area contributed by atoms with E-state index in [-0.39, 0.29) is 27.5 Å². The first-order valence-electron chi connectivity index (χ1n) is 9.53. The van der Waals surface area contributed by atoms with Crippen molar-refractivity contribution in [2.75, 3.05) is 5.73 Å². The first-order chi connectivity index (χ1) is 15.3. The Morgan fingerprint density at radius 1 is 0.906 bits per heavy atom. The molecule has 32 heavy (non-hydrogen) atoms. The number of aliphatic hydroxyl groups excluding tert-OH is 4. The summed E-state index contributed by atoms with van der Waals surface area (Å²) < 4.78 is 5.19. The number of aliphatic hydroxyl groups is 4. The minimum Gasteiger partial charge on any atom is -0.387 e. The summed E-state index contributed by atoms with van der Waals surface area (Å²) in [6, 6.07) is 17.1. The van der Waals surface area contributed by atoms with E-state index in [1.807, 2.05) is 48.5 Å². The first-order valence-corrected chi connectivity index (χ1v) is 10.4. The number of nitriles is 2. The van der Waals surface area contributed by atoms with Crippen molar-refractivity contribution in [3.05, 3.63) is 53.6 Å². The van der Waals surface area contributed by atoms with Crippen LogP contribution in [0.15, 0.2) is 47.5 Å². The molecule has 0 amide bonds. The van der Waals surface area contributed by atoms with Crippen molar-refractivity contribution in [2.45, 2.75) is 35.1 Å². The molecule has 4 rings (SSSR count). The van der Waals surface area contributed by atoms with Crippen LogP contribution >= 0.6 is 11.8 Å². The molecule has 2 aromatic carbocycles. The van der Waals surface area contributed by atoms with E-state index < -0.39 is 30.0 Å². The van der Waals surface area contributed by atoms with E-state index >= 15 is 0 Å². The van der Waals surface area contributed by atoms with Crippen molar-refractivity contribution in [1.29, 1.82) is 10.5 Å². The highest BCUT2D eigenvalue weighted by Crippen LogP contribution is 2.40. The molecule has 0 radical (unpaired) electrons. The second kappa shape index (κ2) is 8.73. The molecule has 1 fully saturated rings. The zero-order valence-electron chi connectivity index (χ0n) is 16.5. The van der Waals surface area contributed by atoms with Gasteiger partial charge >= 0.3 is 0 Å². The number of benzene rings is 2. The molecule has 10 heteroatoms. The van der Waals surface area contributed by atoms with Crippen LogP contribution in [0.2, 0.25) is 0 Å². The van der Waals surface area contributed by atoms with Crippen molar-refractivity contribution in [2.24, 2.45) is 0 Å². The van der Waals surface area contributed by atoms with E-state index in [2.05, 4.69) is 4.98 Å². The molecule has 1 aliphatic heterocycles. The van der Waals surface area contributed by atoms with E-state index in [0.717, 1.165) is 22.5 Å². The van der Waals surface area contributed by atoms with Crippen LogP contribution in [-0.4, -0.2) is 55.4 Å². The van der Waals surface area contributed by atoms with Crippen molar-refractivity contribution >= 4 is 28.4 Å². The van der Waals surface area contributed by atoms with Gasteiger partial charge in [0.15, 0.2) is 6.29 Å². The van der Waals surface area contributed by atoms with Crippen LogP contribution in [0, 0.1) is 22.7 Å². The van der Waals surface area contributed by atoms with Crippen LogP contribution < -0.4 is 5.73 Å². The average Bonchev–Trinajstić information content (AvgIpc) is 2.80. The highest BCUT2D eigenvalue weighted by molar-refractivity contribution is 7.99. The monoisotopic (exact) mass is 450 g/mol. The fraction of sp³-hybridized carbons (Fsp3) is 0.227. The molecule has 0 spiro atoms. The fourth-order valence-corrected chi connectivity index (χ4v) is 4.66. The third-order valence-electron chi connectivity index (χ3n) is 5.23. The molecule has 1 saturated heterocycles. The highest BCUT2D eigenvalue weighted by atomic mass is 32.2. The summed E-state index contributed by atoms with van der Waals surface area (Å²) in [4.78, 5) is 4.14. The van der Waals surface area contributed by atoms with Crippen molar-refractivity contribution in [3.63, 3.8) is 0 Å². The number of rotatable bonds is 3. The van der Waals surface area contributed by atoms with Crippen LogP contribution in [0.1, 0.15) is 11.1 Å². The van der Waals surface area contributed by atoms with E-state index in [4.69, 9.17) is 10.5 Å². The lowest BCUT2D eigenvalue weighted by Gasteiger charge is -2.37. The third-order valence-corrected chi connectivity index (χ3v) is 6.37. The molecule has 1 aliphatic rings. The highest BCUT2D eigenvalue weighted by Gasteiger charge is 2.44. The van der Waals surface area contributed by atoms with Gasteiger partial charge in [0.1, 0.15) is 52.3 Å². The van der Waals surface area contributed by atoms with Crippen LogP contribution in [0.3, 0.4) is 0 Å². The Morgan fingerprint density at radius 3 is 2.28 bits per heavy atom. The quantitative estimate of drug-likeness (QED) is 0.388. The molecule has 9 nitrogen and oxygen atoms in total. The zero-order valence-corrected chi connectivity index (χ0v) is 17.3. The number of aromatic nitrogens is 1. The van der Waals surface area contributed by atoms with Gasteiger partial charge in [-0.2, -0.15) is 10.5 Å². The lowest BCUT2D eigenvalue weighted by Crippen LogP contribution is -2.56.